The molecular weight excluding hydrogens is 294 g/mol. The number of rotatable bonds is 5. The Bertz CT molecular complexity index is 671. The Morgan fingerprint density at radius 2 is 2.00 bits per heavy atom. The molecule has 0 atom stereocenters. The molecule has 0 spiro atoms. The van der Waals surface area contributed by atoms with Crippen LogP contribution in [0.15, 0.2) is 42.5 Å². The van der Waals surface area contributed by atoms with E-state index in [0.29, 0.717) is 11.3 Å². The van der Waals surface area contributed by atoms with Gasteiger partial charge in [-0.25, -0.2) is 8.78 Å². The highest BCUT2D eigenvalue weighted by atomic mass is 19.3. The maximum Gasteiger partial charge on any atom is 0.309 e. The van der Waals surface area contributed by atoms with Gasteiger partial charge in [0.15, 0.2) is 0 Å². The summed E-state index contributed by atoms with van der Waals surface area (Å²) in [6, 6.07) is 9.99. The fourth-order valence-electron chi connectivity index (χ4n) is 1.88. The lowest BCUT2D eigenvalue weighted by Crippen LogP contribution is -2.04. The third-order valence-electron chi connectivity index (χ3n) is 2.93. The van der Waals surface area contributed by atoms with Crippen molar-refractivity contribution in [1.29, 1.82) is 0 Å². The molecule has 22 heavy (non-hydrogen) atoms. The molecule has 2 rings (SSSR count). The van der Waals surface area contributed by atoms with Crippen molar-refractivity contribution in [2.45, 2.75) is 12.8 Å². The van der Waals surface area contributed by atoms with Gasteiger partial charge in [0.2, 0.25) is 0 Å². The van der Waals surface area contributed by atoms with E-state index in [0.717, 1.165) is 6.07 Å². The summed E-state index contributed by atoms with van der Waals surface area (Å²) in [4.78, 5) is 11.2. The number of benzene rings is 2. The second-order valence-corrected chi connectivity index (χ2v) is 4.53. The van der Waals surface area contributed by atoms with Gasteiger partial charge in [-0.05, 0) is 35.9 Å². The number of phenols is 1. The van der Waals surface area contributed by atoms with E-state index in [1.165, 1.54) is 19.2 Å². The van der Waals surface area contributed by atoms with E-state index in [-0.39, 0.29) is 17.9 Å². The van der Waals surface area contributed by atoms with Crippen LogP contribution in [0.5, 0.6) is 17.2 Å². The number of alkyl halides is 2. The summed E-state index contributed by atoms with van der Waals surface area (Å²) >= 11 is 0. The highest BCUT2D eigenvalue weighted by molar-refractivity contribution is 5.72. The maximum atomic E-state index is 13.0. The van der Waals surface area contributed by atoms with Crippen molar-refractivity contribution in [3.63, 3.8) is 0 Å². The Hall–Kier alpha value is -2.63. The number of hydrogen-bond donors (Lipinski definition) is 1. The van der Waals surface area contributed by atoms with Gasteiger partial charge in [-0.2, -0.15) is 0 Å². The Kier molecular flexibility index (Phi) is 4.93. The number of phenolic OH excluding ortho intramolecular Hbond substituents is 1. The molecule has 0 aliphatic heterocycles. The van der Waals surface area contributed by atoms with E-state index >= 15 is 0 Å². The standard InChI is InChI=1S/C16H14F2O4/c1-21-15(20)8-10-3-2-4-12(7-10)22-14-6-5-11(19)9-13(14)16(17)18/h2-7,9,16,19H,8H2,1H3. The molecule has 2 aromatic rings. The molecule has 0 aliphatic carbocycles. The van der Waals surface area contributed by atoms with Gasteiger partial charge in [0, 0.05) is 0 Å². The molecule has 0 bridgehead atoms. The van der Waals surface area contributed by atoms with Gasteiger partial charge in [-0.3, -0.25) is 4.79 Å². The Morgan fingerprint density at radius 3 is 2.68 bits per heavy atom. The third-order valence-corrected chi connectivity index (χ3v) is 2.93. The summed E-state index contributed by atoms with van der Waals surface area (Å²) in [5.41, 5.74) is 0.236. The van der Waals surface area contributed by atoms with Gasteiger partial charge < -0.3 is 14.6 Å². The molecular formula is C16H14F2O4. The molecule has 0 saturated heterocycles. The molecule has 116 valence electrons. The number of hydrogen-bond acceptors (Lipinski definition) is 4. The minimum absolute atomic E-state index is 0.0528. The Labute approximate surface area is 125 Å². The van der Waals surface area contributed by atoms with Gasteiger partial charge >= 0.3 is 5.97 Å². The van der Waals surface area contributed by atoms with Gasteiger partial charge in [0.05, 0.1) is 19.1 Å². The molecule has 1 N–H and O–H groups in total. The number of ether oxygens (including phenoxy) is 2. The average molecular weight is 308 g/mol. The number of aromatic hydroxyl groups is 1. The van der Waals surface area contributed by atoms with Crippen molar-refractivity contribution < 1.29 is 28.2 Å². The van der Waals surface area contributed by atoms with Crippen LogP contribution in [0.2, 0.25) is 0 Å². The summed E-state index contributed by atoms with van der Waals surface area (Å²) in [5.74, 6) is -0.408. The first-order chi connectivity index (χ1) is 10.5. The Morgan fingerprint density at radius 1 is 1.23 bits per heavy atom. The predicted molar refractivity (Wildman–Crippen MR) is 75.3 cm³/mol. The predicted octanol–water partition coefficient (Wildman–Crippen LogP) is 3.84. The molecule has 0 saturated carbocycles. The number of esters is 1. The van der Waals surface area contributed by atoms with E-state index in [1.807, 2.05) is 0 Å². The Balaban J connectivity index is 2.24. The SMILES string of the molecule is COC(=O)Cc1cccc(Oc2ccc(O)cc2C(F)F)c1. The van der Waals surface area contributed by atoms with Crippen molar-refractivity contribution in [2.24, 2.45) is 0 Å². The van der Waals surface area contributed by atoms with Crippen LogP contribution in [-0.4, -0.2) is 18.2 Å². The molecule has 2 aromatic carbocycles. The average Bonchev–Trinajstić information content (AvgIpc) is 2.49. The molecule has 0 unspecified atom stereocenters. The molecule has 4 nitrogen and oxygen atoms in total. The lowest BCUT2D eigenvalue weighted by molar-refractivity contribution is -0.139. The summed E-state index contributed by atoms with van der Waals surface area (Å²) < 4.78 is 35.9. The summed E-state index contributed by atoms with van der Waals surface area (Å²) in [6.07, 6.45) is -2.72. The zero-order valence-electron chi connectivity index (χ0n) is 11.8. The molecule has 0 aliphatic rings. The second kappa shape index (κ2) is 6.89. The first kappa shape index (κ1) is 15.8. The molecule has 6 heteroatoms. The fraction of sp³-hybridized carbons (Fsp3) is 0.188. The molecule has 0 heterocycles. The summed E-state index contributed by atoms with van der Waals surface area (Å²) in [6.45, 7) is 0. The second-order valence-electron chi connectivity index (χ2n) is 4.53. The quantitative estimate of drug-likeness (QED) is 0.853. The van der Waals surface area contributed by atoms with Crippen molar-refractivity contribution in [3.05, 3.63) is 53.6 Å². The van der Waals surface area contributed by atoms with E-state index in [2.05, 4.69) is 4.74 Å². The molecule has 0 radical (unpaired) electrons. The molecule has 0 fully saturated rings. The van der Waals surface area contributed by atoms with Crippen molar-refractivity contribution >= 4 is 5.97 Å². The maximum absolute atomic E-state index is 13.0. The minimum Gasteiger partial charge on any atom is -0.508 e. The first-order valence-corrected chi connectivity index (χ1v) is 6.44. The van der Waals surface area contributed by atoms with Crippen LogP contribution < -0.4 is 4.74 Å². The zero-order valence-corrected chi connectivity index (χ0v) is 11.8. The van der Waals surface area contributed by atoms with Crippen LogP contribution in [0.3, 0.4) is 0 Å². The number of halogens is 2. The topological polar surface area (TPSA) is 55.8 Å². The summed E-state index contributed by atoms with van der Waals surface area (Å²) in [7, 11) is 1.29. The zero-order chi connectivity index (χ0) is 16.1. The number of carbonyl (C=O) groups excluding carboxylic acids is 1. The third kappa shape index (κ3) is 3.94. The monoisotopic (exact) mass is 308 g/mol. The van der Waals surface area contributed by atoms with Crippen molar-refractivity contribution in [3.8, 4) is 17.2 Å². The largest absolute Gasteiger partial charge is 0.508 e. The lowest BCUT2D eigenvalue weighted by atomic mass is 10.1. The van der Waals surface area contributed by atoms with Crippen LogP contribution in [-0.2, 0) is 16.0 Å². The van der Waals surface area contributed by atoms with Gasteiger partial charge in [0.1, 0.15) is 17.2 Å². The van der Waals surface area contributed by atoms with Gasteiger partial charge in [-0.15, -0.1) is 0 Å². The number of carbonyl (C=O) groups is 1. The normalized spacial score (nSPS) is 10.5. The highest BCUT2D eigenvalue weighted by Crippen LogP contribution is 2.35. The lowest BCUT2D eigenvalue weighted by Gasteiger charge is -2.12. The van der Waals surface area contributed by atoms with Crippen LogP contribution in [0.1, 0.15) is 17.6 Å². The van der Waals surface area contributed by atoms with Crippen molar-refractivity contribution in [1.82, 2.24) is 0 Å². The van der Waals surface area contributed by atoms with E-state index < -0.39 is 18.0 Å². The summed E-state index contributed by atoms with van der Waals surface area (Å²) in [5, 5.41) is 9.28. The highest BCUT2D eigenvalue weighted by Gasteiger charge is 2.16. The first-order valence-electron chi connectivity index (χ1n) is 6.44. The van der Waals surface area contributed by atoms with E-state index in [9.17, 15) is 18.7 Å². The van der Waals surface area contributed by atoms with Gasteiger partial charge in [-0.1, -0.05) is 12.1 Å². The van der Waals surface area contributed by atoms with E-state index in [4.69, 9.17) is 4.74 Å². The molecule has 0 amide bonds. The van der Waals surface area contributed by atoms with Crippen LogP contribution in [0, 0.1) is 0 Å². The van der Waals surface area contributed by atoms with Crippen LogP contribution >= 0.6 is 0 Å². The van der Waals surface area contributed by atoms with Crippen LogP contribution in [0.25, 0.3) is 0 Å². The number of methoxy groups -OCH3 is 1. The van der Waals surface area contributed by atoms with Gasteiger partial charge in [0.25, 0.3) is 6.43 Å². The fourth-order valence-corrected chi connectivity index (χ4v) is 1.88. The van der Waals surface area contributed by atoms with E-state index in [1.54, 1.807) is 24.3 Å². The smallest absolute Gasteiger partial charge is 0.309 e. The van der Waals surface area contributed by atoms with Crippen LogP contribution in [0.4, 0.5) is 8.78 Å². The molecule has 0 aromatic heterocycles. The minimum atomic E-state index is -2.78. The van der Waals surface area contributed by atoms with Crippen molar-refractivity contribution in [2.75, 3.05) is 7.11 Å².